The van der Waals surface area contributed by atoms with Gasteiger partial charge in [-0.25, -0.2) is 0 Å². The summed E-state index contributed by atoms with van der Waals surface area (Å²) in [6.07, 6.45) is 0.457. The van der Waals surface area contributed by atoms with E-state index in [0.717, 1.165) is 13.0 Å². The van der Waals surface area contributed by atoms with E-state index in [2.05, 4.69) is 23.3 Å². The molecule has 0 aromatic carbocycles. The number of fused-ring (bicyclic) bond motifs is 1. The van der Waals surface area contributed by atoms with Gasteiger partial charge in [0.2, 0.25) is 0 Å². The number of β-amino-alcohol motifs (C(OH)–C–C–N with tert-alkyl or cyclic N) is 1. The van der Waals surface area contributed by atoms with E-state index in [-0.39, 0.29) is 12.4 Å². The highest BCUT2D eigenvalue weighted by Gasteiger charge is 2.26. The van der Waals surface area contributed by atoms with E-state index in [1.54, 1.807) is 18.3 Å². The molecule has 1 aliphatic rings. The van der Waals surface area contributed by atoms with Crippen LogP contribution in [0.2, 0.25) is 0 Å². The fraction of sp³-hybridized carbons (Fsp3) is 0.643. The molecule has 2 rings (SSSR count). The summed E-state index contributed by atoms with van der Waals surface area (Å²) in [6, 6.07) is 2.47. The quantitative estimate of drug-likeness (QED) is 0.840. The van der Waals surface area contributed by atoms with Crippen molar-refractivity contribution >= 4 is 17.3 Å². The Bertz CT molecular complexity index is 432. The Morgan fingerprint density at radius 2 is 2.47 bits per heavy atom. The highest BCUT2D eigenvalue weighted by atomic mass is 32.1. The first kappa shape index (κ1) is 14.5. The number of carbonyl (C=O) groups excluding carboxylic acids is 1. The Labute approximate surface area is 118 Å². The predicted molar refractivity (Wildman–Crippen MR) is 75.3 cm³/mol. The SMILES string of the molecule is CCOC(=O)CC(O)CN1CCc2sccc2C1C. The van der Waals surface area contributed by atoms with Gasteiger partial charge < -0.3 is 9.84 Å². The Balaban J connectivity index is 1.88. The highest BCUT2D eigenvalue weighted by molar-refractivity contribution is 7.10. The van der Waals surface area contributed by atoms with Crippen molar-refractivity contribution in [1.82, 2.24) is 4.90 Å². The molecule has 1 N–H and O–H groups in total. The van der Waals surface area contributed by atoms with Crippen LogP contribution in [0.3, 0.4) is 0 Å². The van der Waals surface area contributed by atoms with E-state index in [0.29, 0.717) is 19.2 Å². The monoisotopic (exact) mass is 283 g/mol. The largest absolute Gasteiger partial charge is 0.466 e. The van der Waals surface area contributed by atoms with Gasteiger partial charge in [0.1, 0.15) is 0 Å². The molecule has 0 bridgehead atoms. The minimum absolute atomic E-state index is 0.0769. The van der Waals surface area contributed by atoms with E-state index in [9.17, 15) is 9.90 Å². The molecule has 1 aliphatic heterocycles. The summed E-state index contributed by atoms with van der Waals surface area (Å²) in [6.45, 7) is 5.75. The molecule has 0 aliphatic carbocycles. The van der Waals surface area contributed by atoms with Gasteiger partial charge in [0.25, 0.3) is 0 Å². The Morgan fingerprint density at radius 1 is 1.68 bits per heavy atom. The first-order valence-corrected chi connectivity index (χ1v) is 7.63. The van der Waals surface area contributed by atoms with Crippen LogP contribution in [-0.2, 0) is 16.0 Å². The minimum Gasteiger partial charge on any atom is -0.466 e. The van der Waals surface area contributed by atoms with Crippen molar-refractivity contribution in [2.24, 2.45) is 0 Å². The molecule has 0 spiro atoms. The topological polar surface area (TPSA) is 49.8 Å². The average molecular weight is 283 g/mol. The molecule has 5 heteroatoms. The average Bonchev–Trinajstić information content (AvgIpc) is 2.82. The lowest BCUT2D eigenvalue weighted by Crippen LogP contribution is -2.39. The fourth-order valence-corrected chi connectivity index (χ4v) is 3.52. The van der Waals surface area contributed by atoms with Crippen LogP contribution < -0.4 is 0 Å². The maximum absolute atomic E-state index is 11.3. The van der Waals surface area contributed by atoms with Crippen molar-refractivity contribution < 1.29 is 14.6 Å². The Kier molecular flexibility index (Phi) is 4.96. The van der Waals surface area contributed by atoms with Crippen LogP contribution in [0.1, 0.15) is 36.8 Å². The molecular weight excluding hydrogens is 262 g/mol. The van der Waals surface area contributed by atoms with Gasteiger partial charge in [0, 0.05) is 24.0 Å². The van der Waals surface area contributed by atoms with Gasteiger partial charge in [-0.1, -0.05) is 0 Å². The molecule has 4 nitrogen and oxygen atoms in total. The second-order valence-corrected chi connectivity index (χ2v) is 5.88. The molecule has 0 radical (unpaired) electrons. The summed E-state index contributed by atoms with van der Waals surface area (Å²) in [7, 11) is 0. The standard InChI is InChI=1S/C14H21NO3S/c1-3-18-14(17)8-11(16)9-15-6-4-13-12(10(15)2)5-7-19-13/h5,7,10-11,16H,3-4,6,8-9H2,1-2H3. The second-order valence-electron chi connectivity index (χ2n) is 4.88. The van der Waals surface area contributed by atoms with Crippen molar-refractivity contribution in [2.75, 3.05) is 19.7 Å². The number of thiophene rings is 1. The molecule has 1 aromatic rings. The molecule has 0 saturated heterocycles. The van der Waals surface area contributed by atoms with E-state index < -0.39 is 6.10 Å². The number of aliphatic hydroxyl groups is 1. The summed E-state index contributed by atoms with van der Waals surface area (Å²) in [5.74, 6) is -0.323. The number of rotatable bonds is 5. The van der Waals surface area contributed by atoms with Gasteiger partial charge >= 0.3 is 5.97 Å². The van der Waals surface area contributed by atoms with Crippen LogP contribution in [0, 0.1) is 0 Å². The van der Waals surface area contributed by atoms with E-state index in [1.807, 2.05) is 0 Å². The molecule has 2 unspecified atom stereocenters. The Hall–Kier alpha value is -0.910. The summed E-state index contributed by atoms with van der Waals surface area (Å²) in [5, 5.41) is 12.1. The maximum Gasteiger partial charge on any atom is 0.308 e. The number of ether oxygens (including phenoxy) is 1. The zero-order chi connectivity index (χ0) is 13.8. The first-order valence-electron chi connectivity index (χ1n) is 6.75. The van der Waals surface area contributed by atoms with Crippen LogP contribution in [0.5, 0.6) is 0 Å². The van der Waals surface area contributed by atoms with Gasteiger partial charge in [-0.05, 0) is 37.3 Å². The molecule has 0 fully saturated rings. The first-order chi connectivity index (χ1) is 9.11. The lowest BCUT2D eigenvalue weighted by atomic mass is 10.0. The van der Waals surface area contributed by atoms with E-state index >= 15 is 0 Å². The van der Waals surface area contributed by atoms with Gasteiger partial charge in [-0.15, -0.1) is 11.3 Å². The summed E-state index contributed by atoms with van der Waals surface area (Å²) in [4.78, 5) is 15.0. The van der Waals surface area contributed by atoms with Crippen LogP contribution in [-0.4, -0.2) is 41.8 Å². The molecule has 2 heterocycles. The third kappa shape index (κ3) is 3.55. The normalized spacial score (nSPS) is 20.9. The Morgan fingerprint density at radius 3 is 3.21 bits per heavy atom. The highest BCUT2D eigenvalue weighted by Crippen LogP contribution is 2.32. The van der Waals surface area contributed by atoms with Crippen molar-refractivity contribution in [1.29, 1.82) is 0 Å². The lowest BCUT2D eigenvalue weighted by molar-refractivity contribution is -0.145. The molecule has 2 atom stereocenters. The zero-order valence-electron chi connectivity index (χ0n) is 11.5. The van der Waals surface area contributed by atoms with Crippen molar-refractivity contribution in [3.63, 3.8) is 0 Å². The van der Waals surface area contributed by atoms with Crippen LogP contribution in [0.15, 0.2) is 11.4 Å². The van der Waals surface area contributed by atoms with Crippen molar-refractivity contribution in [3.05, 3.63) is 21.9 Å². The van der Waals surface area contributed by atoms with Crippen molar-refractivity contribution in [3.8, 4) is 0 Å². The van der Waals surface area contributed by atoms with Crippen LogP contribution in [0.4, 0.5) is 0 Å². The van der Waals surface area contributed by atoms with Crippen LogP contribution in [0.25, 0.3) is 0 Å². The number of nitrogens with zero attached hydrogens (tertiary/aromatic N) is 1. The fourth-order valence-electron chi connectivity index (χ4n) is 2.56. The third-order valence-electron chi connectivity index (χ3n) is 3.56. The molecule has 106 valence electrons. The smallest absolute Gasteiger partial charge is 0.308 e. The number of aliphatic hydroxyl groups excluding tert-OH is 1. The van der Waals surface area contributed by atoms with Crippen LogP contribution >= 0.6 is 11.3 Å². The van der Waals surface area contributed by atoms with Gasteiger partial charge in [0.05, 0.1) is 19.1 Å². The second kappa shape index (κ2) is 6.50. The summed E-state index contributed by atoms with van der Waals surface area (Å²) < 4.78 is 4.86. The van der Waals surface area contributed by atoms with E-state index in [4.69, 9.17) is 4.74 Å². The molecular formula is C14H21NO3S. The number of carbonyl (C=O) groups is 1. The summed E-state index contributed by atoms with van der Waals surface area (Å²) in [5.41, 5.74) is 1.36. The minimum atomic E-state index is -0.651. The van der Waals surface area contributed by atoms with Crippen molar-refractivity contribution in [2.45, 2.75) is 38.8 Å². The zero-order valence-corrected chi connectivity index (χ0v) is 12.3. The third-order valence-corrected chi connectivity index (χ3v) is 4.55. The number of esters is 1. The summed E-state index contributed by atoms with van der Waals surface area (Å²) >= 11 is 1.80. The number of hydrogen-bond donors (Lipinski definition) is 1. The number of hydrogen-bond acceptors (Lipinski definition) is 5. The molecule has 1 aromatic heterocycles. The van der Waals surface area contributed by atoms with Gasteiger partial charge in [0.15, 0.2) is 0 Å². The van der Waals surface area contributed by atoms with E-state index in [1.165, 1.54) is 10.4 Å². The van der Waals surface area contributed by atoms with Gasteiger partial charge in [-0.3, -0.25) is 9.69 Å². The maximum atomic E-state index is 11.3. The molecule has 0 saturated carbocycles. The predicted octanol–water partition coefficient (Wildman–Crippen LogP) is 1.98. The lowest BCUT2D eigenvalue weighted by Gasteiger charge is -2.34. The molecule has 19 heavy (non-hydrogen) atoms. The van der Waals surface area contributed by atoms with Gasteiger partial charge in [-0.2, -0.15) is 0 Å². The molecule has 0 amide bonds.